The van der Waals surface area contributed by atoms with Gasteiger partial charge in [-0.05, 0) is 55.3 Å². The van der Waals surface area contributed by atoms with Crippen molar-refractivity contribution in [3.05, 3.63) is 80.0 Å². The molecule has 1 aliphatic rings. The molecule has 7 nitrogen and oxygen atoms in total. The van der Waals surface area contributed by atoms with Gasteiger partial charge in [-0.2, -0.15) is 0 Å². The van der Waals surface area contributed by atoms with E-state index in [2.05, 4.69) is 16.0 Å². The number of nitrogens with one attached hydrogen (secondary N) is 1. The third kappa shape index (κ3) is 4.07. The number of nitrogens with zero attached hydrogens (tertiary/aromatic N) is 2. The molecule has 1 fully saturated rings. The number of aromatic nitrogens is 2. The fraction of sp³-hybridized carbons (Fsp3) is 0.348. The first kappa shape index (κ1) is 20.1. The molecule has 0 radical (unpaired) electrons. The van der Waals surface area contributed by atoms with Gasteiger partial charge in [-0.15, -0.1) is 0 Å². The molecule has 2 heterocycles. The number of piperidine rings is 1. The Kier molecular flexibility index (Phi) is 5.81. The molecule has 0 saturated carbocycles. The van der Waals surface area contributed by atoms with Crippen LogP contribution in [0.4, 0.5) is 0 Å². The van der Waals surface area contributed by atoms with Gasteiger partial charge < -0.3 is 9.72 Å². The van der Waals surface area contributed by atoms with E-state index >= 15 is 0 Å². The highest BCUT2D eigenvalue weighted by molar-refractivity contribution is 5.93. The smallest absolute Gasteiger partial charge is 0.337 e. The molecule has 0 amide bonds. The van der Waals surface area contributed by atoms with E-state index in [0.717, 1.165) is 30.8 Å². The number of H-pyrrole nitrogens is 1. The Balaban J connectivity index is 1.68. The van der Waals surface area contributed by atoms with E-state index in [1.165, 1.54) is 43.1 Å². The third-order valence-electron chi connectivity index (χ3n) is 5.69. The van der Waals surface area contributed by atoms with Crippen molar-refractivity contribution in [2.45, 2.75) is 32.4 Å². The Bertz CT molecular complexity index is 1190. The van der Waals surface area contributed by atoms with E-state index in [9.17, 15) is 14.4 Å². The second-order valence-corrected chi connectivity index (χ2v) is 7.68. The summed E-state index contributed by atoms with van der Waals surface area (Å²) in [7, 11) is 1.29. The summed E-state index contributed by atoms with van der Waals surface area (Å²) in [6.07, 6.45) is 3.69. The van der Waals surface area contributed by atoms with Crippen LogP contribution in [0.2, 0.25) is 0 Å². The van der Waals surface area contributed by atoms with Crippen molar-refractivity contribution in [3.8, 4) is 0 Å². The number of likely N-dealkylation sites (tertiary alicyclic amines) is 1. The van der Waals surface area contributed by atoms with Crippen LogP contribution in [0.15, 0.2) is 52.1 Å². The lowest BCUT2D eigenvalue weighted by molar-refractivity contribution is 0.0601. The van der Waals surface area contributed by atoms with Gasteiger partial charge in [-0.3, -0.25) is 14.3 Å². The highest BCUT2D eigenvalue weighted by atomic mass is 16.5. The molecule has 1 saturated heterocycles. The van der Waals surface area contributed by atoms with Crippen molar-refractivity contribution < 1.29 is 9.53 Å². The largest absolute Gasteiger partial charge is 0.465 e. The molecule has 0 unspecified atom stereocenters. The van der Waals surface area contributed by atoms with Gasteiger partial charge in [-0.1, -0.05) is 30.7 Å². The van der Waals surface area contributed by atoms with Crippen molar-refractivity contribution in [3.63, 3.8) is 0 Å². The molecule has 4 rings (SSSR count). The summed E-state index contributed by atoms with van der Waals surface area (Å²) in [5.74, 6) is -0.520. The predicted octanol–water partition coefficient (Wildman–Crippen LogP) is 2.51. The number of rotatable bonds is 5. The first-order valence-electron chi connectivity index (χ1n) is 10.2. The Labute approximate surface area is 173 Å². The minimum absolute atomic E-state index is 0.201. The fourth-order valence-corrected chi connectivity index (χ4v) is 4.04. The number of benzene rings is 2. The van der Waals surface area contributed by atoms with E-state index in [4.69, 9.17) is 4.74 Å². The van der Waals surface area contributed by atoms with E-state index in [0.29, 0.717) is 10.9 Å². The lowest BCUT2D eigenvalue weighted by Gasteiger charge is -2.27. The Morgan fingerprint density at radius 2 is 1.70 bits per heavy atom. The van der Waals surface area contributed by atoms with Crippen LogP contribution in [0.5, 0.6) is 0 Å². The van der Waals surface area contributed by atoms with E-state index in [-0.39, 0.29) is 17.7 Å². The molecule has 2 aromatic carbocycles. The molecule has 1 N–H and O–H groups in total. The van der Waals surface area contributed by atoms with Gasteiger partial charge in [0.25, 0.3) is 5.56 Å². The second-order valence-electron chi connectivity index (χ2n) is 7.68. The quantitative estimate of drug-likeness (QED) is 0.657. The summed E-state index contributed by atoms with van der Waals surface area (Å²) in [5.41, 5.74) is 1.82. The average molecular weight is 407 g/mol. The lowest BCUT2D eigenvalue weighted by atomic mass is 10.0. The average Bonchev–Trinajstić information content (AvgIpc) is 2.77. The maximum atomic E-state index is 13.0. The predicted molar refractivity (Wildman–Crippen MR) is 115 cm³/mol. The molecular formula is C23H25N3O4. The summed E-state index contributed by atoms with van der Waals surface area (Å²) >= 11 is 0. The van der Waals surface area contributed by atoms with Crippen LogP contribution in [0.25, 0.3) is 10.9 Å². The summed E-state index contributed by atoms with van der Waals surface area (Å²) in [6.45, 7) is 3.17. The van der Waals surface area contributed by atoms with Crippen LogP contribution in [0, 0.1) is 0 Å². The van der Waals surface area contributed by atoms with Crippen molar-refractivity contribution in [2.24, 2.45) is 0 Å². The number of carbonyl (C=O) groups is 1. The minimum atomic E-state index is -0.520. The van der Waals surface area contributed by atoms with Crippen molar-refractivity contribution in [1.29, 1.82) is 0 Å². The Morgan fingerprint density at radius 1 is 1.00 bits per heavy atom. The zero-order chi connectivity index (χ0) is 21.1. The number of fused-ring (bicyclic) bond motifs is 1. The monoisotopic (exact) mass is 407 g/mol. The summed E-state index contributed by atoms with van der Waals surface area (Å²) in [5, 5.41) is 0.357. The first-order valence-corrected chi connectivity index (χ1v) is 10.2. The zero-order valence-electron chi connectivity index (χ0n) is 17.0. The highest BCUT2D eigenvalue weighted by Gasteiger charge is 2.15. The molecule has 156 valence electrons. The van der Waals surface area contributed by atoms with Gasteiger partial charge >= 0.3 is 11.7 Å². The van der Waals surface area contributed by atoms with E-state index in [1.54, 1.807) is 6.07 Å². The van der Waals surface area contributed by atoms with E-state index < -0.39 is 11.7 Å². The maximum Gasteiger partial charge on any atom is 0.337 e. The van der Waals surface area contributed by atoms with Gasteiger partial charge in [0.05, 0.1) is 30.1 Å². The molecule has 0 spiro atoms. The molecule has 1 aromatic heterocycles. The normalized spacial score (nSPS) is 14.7. The third-order valence-corrected chi connectivity index (χ3v) is 5.69. The zero-order valence-corrected chi connectivity index (χ0v) is 17.0. The number of hydrogen-bond donors (Lipinski definition) is 1. The first-order chi connectivity index (χ1) is 14.6. The number of carbonyl (C=O) groups excluding carboxylic acids is 1. The van der Waals surface area contributed by atoms with Crippen LogP contribution >= 0.6 is 0 Å². The van der Waals surface area contributed by atoms with E-state index in [1.807, 2.05) is 18.2 Å². The molecular weight excluding hydrogens is 382 g/mol. The van der Waals surface area contributed by atoms with Gasteiger partial charge in [0, 0.05) is 6.54 Å². The summed E-state index contributed by atoms with van der Waals surface area (Å²) in [4.78, 5) is 42.6. The Hall–Kier alpha value is -3.19. The Morgan fingerprint density at radius 3 is 2.40 bits per heavy atom. The highest BCUT2D eigenvalue weighted by Crippen LogP contribution is 2.17. The number of esters is 1. The number of hydrogen-bond acceptors (Lipinski definition) is 5. The maximum absolute atomic E-state index is 13.0. The van der Waals surface area contributed by atoms with Gasteiger partial charge in [-0.25, -0.2) is 9.59 Å². The van der Waals surface area contributed by atoms with Crippen LogP contribution in [0.1, 0.15) is 40.7 Å². The molecule has 30 heavy (non-hydrogen) atoms. The molecule has 0 atom stereocenters. The van der Waals surface area contributed by atoms with Crippen molar-refractivity contribution in [1.82, 2.24) is 14.5 Å². The molecule has 7 heteroatoms. The SMILES string of the molecule is COC(=O)c1ccc2c(=O)n(Cc3ccccc3CN3CCCCC3)c(=O)[nH]c2c1. The number of methoxy groups -OCH3 is 1. The van der Waals surface area contributed by atoms with Crippen molar-refractivity contribution >= 4 is 16.9 Å². The van der Waals surface area contributed by atoms with Crippen molar-refractivity contribution in [2.75, 3.05) is 20.2 Å². The molecule has 0 bridgehead atoms. The van der Waals surface area contributed by atoms with Crippen LogP contribution in [-0.4, -0.2) is 40.6 Å². The number of ether oxygens (including phenoxy) is 1. The molecule has 0 aliphatic carbocycles. The second kappa shape index (κ2) is 8.67. The van der Waals surface area contributed by atoms with Gasteiger partial charge in [0.2, 0.25) is 0 Å². The molecule has 1 aliphatic heterocycles. The van der Waals surface area contributed by atoms with Crippen LogP contribution < -0.4 is 11.2 Å². The van der Waals surface area contributed by atoms with Crippen LogP contribution in [-0.2, 0) is 17.8 Å². The summed E-state index contributed by atoms with van der Waals surface area (Å²) in [6, 6.07) is 12.5. The standard InChI is InChI=1S/C23H25N3O4/c1-30-22(28)16-9-10-19-20(13-16)24-23(29)26(21(19)27)15-18-8-4-3-7-17(18)14-25-11-5-2-6-12-25/h3-4,7-10,13H,2,5-6,11-12,14-15H2,1H3,(H,24,29). The number of aromatic amines is 1. The van der Waals surface area contributed by atoms with Crippen LogP contribution in [0.3, 0.4) is 0 Å². The lowest BCUT2D eigenvalue weighted by Crippen LogP contribution is -2.36. The minimum Gasteiger partial charge on any atom is -0.465 e. The van der Waals surface area contributed by atoms with Gasteiger partial charge in [0.15, 0.2) is 0 Å². The fourth-order valence-electron chi connectivity index (χ4n) is 4.04. The topological polar surface area (TPSA) is 84.4 Å². The summed E-state index contributed by atoms with van der Waals surface area (Å²) < 4.78 is 5.92. The molecule has 3 aromatic rings. The van der Waals surface area contributed by atoms with Gasteiger partial charge in [0.1, 0.15) is 0 Å².